The van der Waals surface area contributed by atoms with Gasteiger partial charge in [0.1, 0.15) is 11.6 Å². The quantitative estimate of drug-likeness (QED) is 0.812. The van der Waals surface area contributed by atoms with E-state index in [9.17, 15) is 9.18 Å². The number of carbonyl (C=O) groups excluding carboxylic acids is 1. The molecule has 2 rings (SSSR count). The molecule has 0 atom stereocenters. The summed E-state index contributed by atoms with van der Waals surface area (Å²) in [5.74, 6) is -0.470. The van der Waals surface area contributed by atoms with E-state index in [1.807, 2.05) is 0 Å². The normalized spacial score (nSPS) is 10.5. The van der Waals surface area contributed by atoms with Gasteiger partial charge in [-0.15, -0.1) is 0 Å². The molecule has 0 aliphatic heterocycles. The summed E-state index contributed by atoms with van der Waals surface area (Å²) in [5, 5.41) is 0.795. The van der Waals surface area contributed by atoms with E-state index in [4.69, 9.17) is 23.2 Å². The van der Waals surface area contributed by atoms with Crippen molar-refractivity contribution in [2.75, 3.05) is 0 Å². The number of hydrogen-bond donors (Lipinski definition) is 0. The van der Waals surface area contributed by atoms with Crippen molar-refractivity contribution in [3.63, 3.8) is 0 Å². The second kappa shape index (κ2) is 6.18. The Kier molecular flexibility index (Phi) is 4.56. The minimum absolute atomic E-state index is 0.0511. The lowest BCUT2D eigenvalue weighted by molar-refractivity contribution is -0.117. The van der Waals surface area contributed by atoms with Gasteiger partial charge in [-0.3, -0.25) is 4.79 Å². The largest absolute Gasteiger partial charge is 0.299 e. The van der Waals surface area contributed by atoms with Crippen LogP contribution in [0.1, 0.15) is 11.1 Å². The third-order valence-corrected chi connectivity index (χ3v) is 3.62. The SMILES string of the molecule is O=C(Cc1ccccc1F)Cc1cccc(Cl)c1Cl. The highest BCUT2D eigenvalue weighted by molar-refractivity contribution is 6.42. The Morgan fingerprint density at radius 3 is 2.32 bits per heavy atom. The van der Waals surface area contributed by atoms with Crippen LogP contribution in [0.4, 0.5) is 4.39 Å². The Morgan fingerprint density at radius 2 is 1.58 bits per heavy atom. The van der Waals surface area contributed by atoms with Gasteiger partial charge in [0.2, 0.25) is 0 Å². The summed E-state index contributed by atoms with van der Waals surface area (Å²) in [6.45, 7) is 0. The van der Waals surface area contributed by atoms with Gasteiger partial charge >= 0.3 is 0 Å². The first-order chi connectivity index (χ1) is 9.08. The number of carbonyl (C=O) groups is 1. The van der Waals surface area contributed by atoms with Crippen LogP contribution in [0.3, 0.4) is 0 Å². The maximum Gasteiger partial charge on any atom is 0.141 e. The summed E-state index contributed by atoms with van der Waals surface area (Å²) in [5.41, 5.74) is 1.06. The molecule has 0 aliphatic carbocycles. The Hall–Kier alpha value is -1.38. The second-order valence-corrected chi connectivity index (χ2v) is 4.98. The fraction of sp³-hybridized carbons (Fsp3) is 0.133. The number of ketones is 1. The topological polar surface area (TPSA) is 17.1 Å². The molecular weight excluding hydrogens is 286 g/mol. The molecule has 0 N–H and O–H groups in total. The Bertz CT molecular complexity index is 611. The molecule has 98 valence electrons. The predicted octanol–water partition coefficient (Wildman–Crippen LogP) is 4.49. The molecule has 0 spiro atoms. The fourth-order valence-electron chi connectivity index (χ4n) is 1.81. The van der Waals surface area contributed by atoms with Crippen molar-refractivity contribution in [1.82, 2.24) is 0 Å². The van der Waals surface area contributed by atoms with E-state index in [-0.39, 0.29) is 24.4 Å². The van der Waals surface area contributed by atoms with Crippen molar-refractivity contribution in [2.45, 2.75) is 12.8 Å². The van der Waals surface area contributed by atoms with Crippen LogP contribution in [-0.4, -0.2) is 5.78 Å². The number of rotatable bonds is 4. The number of benzene rings is 2. The molecule has 0 fully saturated rings. The molecule has 4 heteroatoms. The number of Topliss-reactive ketones (excluding diaryl/α,β-unsaturated/α-hetero) is 1. The van der Waals surface area contributed by atoms with Crippen LogP contribution >= 0.6 is 23.2 Å². The predicted molar refractivity (Wildman–Crippen MR) is 75.3 cm³/mol. The number of hydrogen-bond acceptors (Lipinski definition) is 1. The summed E-state index contributed by atoms with van der Waals surface area (Å²) in [6, 6.07) is 11.4. The van der Waals surface area contributed by atoms with Crippen molar-refractivity contribution in [1.29, 1.82) is 0 Å². The molecule has 2 aromatic carbocycles. The summed E-state index contributed by atoms with van der Waals surface area (Å²) in [7, 11) is 0. The van der Waals surface area contributed by atoms with Gasteiger partial charge in [0, 0.05) is 12.8 Å². The van der Waals surface area contributed by atoms with Gasteiger partial charge in [0.15, 0.2) is 0 Å². The van der Waals surface area contributed by atoms with E-state index in [1.165, 1.54) is 6.07 Å². The van der Waals surface area contributed by atoms with Gasteiger partial charge in [-0.1, -0.05) is 53.5 Å². The van der Waals surface area contributed by atoms with Crippen LogP contribution in [0.25, 0.3) is 0 Å². The second-order valence-electron chi connectivity index (χ2n) is 4.20. The average molecular weight is 297 g/mol. The zero-order chi connectivity index (χ0) is 13.8. The van der Waals surface area contributed by atoms with Crippen molar-refractivity contribution in [2.24, 2.45) is 0 Å². The first-order valence-electron chi connectivity index (χ1n) is 5.76. The van der Waals surface area contributed by atoms with Crippen LogP contribution in [-0.2, 0) is 17.6 Å². The molecule has 0 amide bonds. The fourth-order valence-corrected chi connectivity index (χ4v) is 2.20. The standard InChI is InChI=1S/C15H11Cl2FO/c16-13-6-3-5-11(15(13)17)9-12(19)8-10-4-1-2-7-14(10)18/h1-7H,8-9H2. The van der Waals surface area contributed by atoms with E-state index in [0.29, 0.717) is 21.2 Å². The third kappa shape index (κ3) is 3.55. The molecule has 0 radical (unpaired) electrons. The molecule has 0 aromatic heterocycles. The zero-order valence-corrected chi connectivity index (χ0v) is 11.5. The molecule has 1 nitrogen and oxygen atoms in total. The summed E-state index contributed by atoms with van der Waals surface area (Å²) >= 11 is 11.9. The van der Waals surface area contributed by atoms with Gasteiger partial charge in [-0.05, 0) is 23.3 Å². The van der Waals surface area contributed by atoms with Gasteiger partial charge in [0.05, 0.1) is 10.0 Å². The van der Waals surface area contributed by atoms with Crippen molar-refractivity contribution in [3.05, 3.63) is 69.5 Å². The third-order valence-electron chi connectivity index (χ3n) is 2.76. The molecule has 0 unspecified atom stereocenters. The Labute approximate surface area is 121 Å². The summed E-state index contributed by atoms with van der Waals surface area (Å²) in [6.07, 6.45) is 0.198. The van der Waals surface area contributed by atoms with E-state index >= 15 is 0 Å². The van der Waals surface area contributed by atoms with Crippen molar-refractivity contribution in [3.8, 4) is 0 Å². The molecule has 2 aromatic rings. The molecule has 19 heavy (non-hydrogen) atoms. The van der Waals surface area contributed by atoms with Crippen LogP contribution in [0, 0.1) is 5.82 Å². The monoisotopic (exact) mass is 296 g/mol. The van der Waals surface area contributed by atoms with Crippen LogP contribution in [0.15, 0.2) is 42.5 Å². The highest BCUT2D eigenvalue weighted by atomic mass is 35.5. The van der Waals surface area contributed by atoms with Crippen LogP contribution in [0.2, 0.25) is 10.0 Å². The van der Waals surface area contributed by atoms with Crippen LogP contribution < -0.4 is 0 Å². The maximum absolute atomic E-state index is 13.4. The first-order valence-corrected chi connectivity index (χ1v) is 6.51. The van der Waals surface area contributed by atoms with Crippen molar-refractivity contribution >= 4 is 29.0 Å². The molecule has 0 aliphatic rings. The van der Waals surface area contributed by atoms with Gasteiger partial charge < -0.3 is 0 Å². The molecule has 0 heterocycles. The van der Waals surface area contributed by atoms with Crippen molar-refractivity contribution < 1.29 is 9.18 Å². The summed E-state index contributed by atoms with van der Waals surface area (Å²) < 4.78 is 13.4. The minimum Gasteiger partial charge on any atom is -0.299 e. The van der Waals surface area contributed by atoms with Crippen LogP contribution in [0.5, 0.6) is 0 Å². The summed E-state index contributed by atoms with van der Waals surface area (Å²) in [4.78, 5) is 11.9. The maximum atomic E-state index is 13.4. The molecule has 0 bridgehead atoms. The van der Waals surface area contributed by atoms with E-state index in [0.717, 1.165) is 0 Å². The Morgan fingerprint density at radius 1 is 0.947 bits per heavy atom. The lowest BCUT2D eigenvalue weighted by Gasteiger charge is -2.06. The highest BCUT2D eigenvalue weighted by Gasteiger charge is 2.11. The van der Waals surface area contributed by atoms with E-state index in [1.54, 1.807) is 36.4 Å². The van der Waals surface area contributed by atoms with Gasteiger partial charge in [-0.25, -0.2) is 4.39 Å². The Balaban J connectivity index is 2.10. The minimum atomic E-state index is -0.368. The van der Waals surface area contributed by atoms with Gasteiger partial charge in [-0.2, -0.15) is 0 Å². The zero-order valence-electron chi connectivity index (χ0n) is 10.00. The highest BCUT2D eigenvalue weighted by Crippen LogP contribution is 2.26. The lowest BCUT2D eigenvalue weighted by atomic mass is 10.0. The number of halogens is 3. The van der Waals surface area contributed by atoms with E-state index < -0.39 is 0 Å². The van der Waals surface area contributed by atoms with Gasteiger partial charge in [0.25, 0.3) is 0 Å². The lowest BCUT2D eigenvalue weighted by Crippen LogP contribution is -2.08. The molecule has 0 saturated heterocycles. The van der Waals surface area contributed by atoms with E-state index in [2.05, 4.69) is 0 Å². The molecular formula is C15H11Cl2FO. The first kappa shape index (κ1) is 14.0. The molecule has 0 saturated carbocycles. The average Bonchev–Trinajstić information content (AvgIpc) is 2.38. The smallest absolute Gasteiger partial charge is 0.141 e.